The molecular weight excluding hydrogens is 522 g/mol. The van der Waals surface area contributed by atoms with Gasteiger partial charge in [-0.05, 0) is 60.5 Å². The second-order valence-corrected chi connectivity index (χ2v) is 9.74. The van der Waals surface area contributed by atoms with Gasteiger partial charge in [-0.25, -0.2) is 0 Å². The van der Waals surface area contributed by atoms with Gasteiger partial charge in [-0.15, -0.1) is 0 Å². The number of anilines is 2. The van der Waals surface area contributed by atoms with Gasteiger partial charge >= 0.3 is 0 Å². The van der Waals surface area contributed by atoms with E-state index in [4.69, 9.17) is 11.6 Å². The Morgan fingerprint density at radius 1 is 1.06 bits per heavy atom. The Kier molecular flexibility index (Phi) is 7.19. The number of halogens is 2. The third kappa shape index (κ3) is 5.31. The van der Waals surface area contributed by atoms with Crippen LogP contribution < -0.4 is 10.2 Å². The van der Waals surface area contributed by atoms with Crippen LogP contribution in [0.5, 0.6) is 0 Å². The van der Waals surface area contributed by atoms with Crippen LogP contribution in [0.1, 0.15) is 5.56 Å². The monoisotopic (exact) mass is 537 g/mol. The number of hydrogen-bond donors (Lipinski definition) is 1. The van der Waals surface area contributed by atoms with E-state index in [9.17, 15) is 14.9 Å². The van der Waals surface area contributed by atoms with Crippen molar-refractivity contribution in [2.45, 2.75) is 11.7 Å². The van der Waals surface area contributed by atoms with Gasteiger partial charge < -0.3 is 5.32 Å². The molecule has 1 aliphatic rings. The van der Waals surface area contributed by atoms with Gasteiger partial charge in [0, 0.05) is 20.9 Å². The number of nitriles is 1. The van der Waals surface area contributed by atoms with Crippen LogP contribution in [0.15, 0.2) is 93.9 Å². The molecule has 3 aromatic carbocycles. The number of nitrogens with zero attached hydrogens (tertiary/aromatic N) is 2. The molecule has 1 N–H and O–H groups in total. The molecule has 0 aliphatic carbocycles. The molecule has 1 atom stereocenters. The fourth-order valence-corrected chi connectivity index (χ4v) is 5.06. The molecule has 33 heavy (non-hydrogen) atoms. The lowest BCUT2D eigenvalue weighted by Crippen LogP contribution is -2.30. The van der Waals surface area contributed by atoms with Gasteiger partial charge in [0.2, 0.25) is 5.91 Å². The zero-order chi connectivity index (χ0) is 23.4. The molecule has 2 amide bonds. The van der Waals surface area contributed by atoms with E-state index >= 15 is 0 Å². The third-order valence-electron chi connectivity index (χ3n) is 4.96. The second kappa shape index (κ2) is 10.3. The Labute approximate surface area is 209 Å². The first-order valence-electron chi connectivity index (χ1n) is 9.97. The van der Waals surface area contributed by atoms with E-state index in [2.05, 4.69) is 21.2 Å². The Morgan fingerprint density at radius 2 is 1.73 bits per heavy atom. The standard InChI is InChI=1S/C25H17BrClN3O2S/c26-17-8-12-20(13-9-17)30-24(32)22(14-16-6-10-18(27)11-7-16)33-25(30)21(15-28)23(31)29-19-4-2-1-3-5-19/h1-13,22H,14H2,(H,29,31)/b25-21-/t22-/m0/s1. The number of thioether (sulfide) groups is 1. The number of hydrogen-bond acceptors (Lipinski definition) is 4. The van der Waals surface area contributed by atoms with Crippen molar-refractivity contribution in [3.8, 4) is 6.07 Å². The molecule has 8 heteroatoms. The maximum Gasteiger partial charge on any atom is 0.269 e. The van der Waals surface area contributed by atoms with E-state index in [0.717, 1.165) is 10.0 Å². The average Bonchev–Trinajstić information content (AvgIpc) is 3.12. The van der Waals surface area contributed by atoms with Crippen LogP contribution in [0.2, 0.25) is 5.02 Å². The van der Waals surface area contributed by atoms with Crippen LogP contribution in [0.25, 0.3) is 0 Å². The average molecular weight is 539 g/mol. The number of carbonyl (C=O) groups excluding carboxylic acids is 2. The first kappa shape index (κ1) is 23.1. The van der Waals surface area contributed by atoms with Crippen LogP contribution >= 0.6 is 39.3 Å². The number of rotatable bonds is 5. The highest BCUT2D eigenvalue weighted by atomic mass is 79.9. The molecule has 5 nitrogen and oxygen atoms in total. The highest BCUT2D eigenvalue weighted by Gasteiger charge is 2.40. The fourth-order valence-electron chi connectivity index (χ4n) is 3.36. The molecule has 1 aliphatic heterocycles. The normalized spacial score (nSPS) is 16.9. The van der Waals surface area contributed by atoms with Gasteiger partial charge in [0.1, 0.15) is 16.7 Å². The molecule has 0 saturated carbocycles. The highest BCUT2D eigenvalue weighted by Crippen LogP contribution is 2.42. The smallest absolute Gasteiger partial charge is 0.269 e. The summed E-state index contributed by atoms with van der Waals surface area (Å²) in [6.07, 6.45) is 0.441. The lowest BCUT2D eigenvalue weighted by Gasteiger charge is -2.19. The van der Waals surface area contributed by atoms with E-state index in [0.29, 0.717) is 27.8 Å². The Bertz CT molecular complexity index is 1260. The predicted molar refractivity (Wildman–Crippen MR) is 136 cm³/mol. The van der Waals surface area contributed by atoms with Crippen molar-refractivity contribution in [2.75, 3.05) is 10.2 Å². The topological polar surface area (TPSA) is 73.2 Å². The van der Waals surface area contributed by atoms with Gasteiger partial charge in [0.15, 0.2) is 0 Å². The van der Waals surface area contributed by atoms with Gasteiger partial charge in [0.25, 0.3) is 5.91 Å². The zero-order valence-electron chi connectivity index (χ0n) is 17.2. The van der Waals surface area contributed by atoms with Crippen molar-refractivity contribution in [3.05, 3.63) is 105 Å². The van der Waals surface area contributed by atoms with Gasteiger partial charge in [-0.3, -0.25) is 14.5 Å². The molecule has 1 saturated heterocycles. The predicted octanol–water partition coefficient (Wildman–Crippen LogP) is 6.17. The fraction of sp³-hybridized carbons (Fsp3) is 0.0800. The summed E-state index contributed by atoms with van der Waals surface area (Å²) in [6, 6.07) is 25.4. The van der Waals surface area contributed by atoms with E-state index in [1.54, 1.807) is 48.5 Å². The van der Waals surface area contributed by atoms with Crippen molar-refractivity contribution in [2.24, 2.45) is 0 Å². The van der Waals surface area contributed by atoms with E-state index < -0.39 is 11.2 Å². The molecule has 164 valence electrons. The quantitative estimate of drug-likeness (QED) is 0.312. The lowest BCUT2D eigenvalue weighted by molar-refractivity contribution is -0.117. The molecule has 0 bridgehead atoms. The largest absolute Gasteiger partial charge is 0.321 e. The number of amides is 2. The Hall–Kier alpha value is -3.05. The first-order chi connectivity index (χ1) is 16.0. The van der Waals surface area contributed by atoms with Crippen LogP contribution in [0.3, 0.4) is 0 Å². The number of benzene rings is 3. The summed E-state index contributed by atoms with van der Waals surface area (Å²) < 4.78 is 0.858. The molecule has 0 spiro atoms. The van der Waals surface area contributed by atoms with Crippen LogP contribution in [-0.2, 0) is 16.0 Å². The molecule has 0 unspecified atom stereocenters. The molecular formula is C25H17BrClN3O2S. The van der Waals surface area contributed by atoms with E-state index in [1.165, 1.54) is 16.7 Å². The molecule has 1 fully saturated rings. The highest BCUT2D eigenvalue weighted by molar-refractivity contribution is 9.10. The van der Waals surface area contributed by atoms with Crippen molar-refractivity contribution in [1.29, 1.82) is 5.26 Å². The maximum atomic E-state index is 13.5. The minimum Gasteiger partial charge on any atom is -0.321 e. The van der Waals surface area contributed by atoms with Crippen LogP contribution in [0, 0.1) is 11.3 Å². The number of nitrogens with one attached hydrogen (secondary N) is 1. The summed E-state index contributed by atoms with van der Waals surface area (Å²) in [5, 5.41) is 13.1. The summed E-state index contributed by atoms with van der Waals surface area (Å²) in [5.41, 5.74) is 1.98. The Morgan fingerprint density at radius 3 is 2.36 bits per heavy atom. The minimum absolute atomic E-state index is 0.112. The second-order valence-electron chi connectivity index (χ2n) is 7.20. The van der Waals surface area contributed by atoms with E-state index in [-0.39, 0.29) is 11.5 Å². The Balaban J connectivity index is 1.72. The zero-order valence-corrected chi connectivity index (χ0v) is 20.3. The number of para-hydroxylation sites is 1. The van der Waals surface area contributed by atoms with Crippen molar-refractivity contribution in [3.63, 3.8) is 0 Å². The van der Waals surface area contributed by atoms with E-state index in [1.807, 2.05) is 36.4 Å². The molecule has 0 aromatic heterocycles. The van der Waals surface area contributed by atoms with Gasteiger partial charge in [0.05, 0.1) is 5.25 Å². The first-order valence-corrected chi connectivity index (χ1v) is 12.0. The SMILES string of the molecule is N#C/C(C(=O)Nc1ccccc1)=C1/S[C@@H](Cc2ccc(Cl)cc2)C(=O)N1c1ccc(Br)cc1. The van der Waals surface area contributed by atoms with Crippen molar-refractivity contribution < 1.29 is 9.59 Å². The molecule has 4 rings (SSSR count). The van der Waals surface area contributed by atoms with Gasteiger partial charge in [-0.1, -0.05) is 69.6 Å². The van der Waals surface area contributed by atoms with Crippen LogP contribution in [0.4, 0.5) is 11.4 Å². The summed E-state index contributed by atoms with van der Waals surface area (Å²) in [4.78, 5) is 27.9. The van der Waals surface area contributed by atoms with Crippen molar-refractivity contribution >= 4 is 62.5 Å². The summed E-state index contributed by atoms with van der Waals surface area (Å²) in [5.74, 6) is -0.749. The third-order valence-corrected chi connectivity index (χ3v) is 7.00. The minimum atomic E-state index is -0.562. The maximum absolute atomic E-state index is 13.5. The molecule has 3 aromatic rings. The van der Waals surface area contributed by atoms with Crippen LogP contribution in [-0.4, -0.2) is 17.1 Å². The summed E-state index contributed by atoms with van der Waals surface area (Å²) in [6.45, 7) is 0. The number of carbonyl (C=O) groups is 2. The lowest BCUT2D eigenvalue weighted by atomic mass is 10.1. The molecule has 0 radical (unpaired) electrons. The molecule has 1 heterocycles. The summed E-state index contributed by atoms with van der Waals surface area (Å²) >= 11 is 10.6. The summed E-state index contributed by atoms with van der Waals surface area (Å²) in [7, 11) is 0. The van der Waals surface area contributed by atoms with Gasteiger partial charge in [-0.2, -0.15) is 5.26 Å². The van der Waals surface area contributed by atoms with Crippen molar-refractivity contribution in [1.82, 2.24) is 0 Å².